The van der Waals surface area contributed by atoms with E-state index in [0.29, 0.717) is 35.1 Å². The van der Waals surface area contributed by atoms with E-state index in [1.165, 1.54) is 11.1 Å². The summed E-state index contributed by atoms with van der Waals surface area (Å²) in [7, 11) is 1.55. The number of halogens is 2. The minimum absolute atomic E-state index is 0.100. The van der Waals surface area contributed by atoms with Crippen LogP contribution in [-0.2, 0) is 11.2 Å². The Morgan fingerprint density at radius 1 is 1.31 bits per heavy atom. The van der Waals surface area contributed by atoms with Gasteiger partial charge in [0, 0.05) is 22.0 Å². The minimum Gasteiger partial charge on any atom is -0.497 e. The molecule has 1 N–H and O–H groups in total. The van der Waals surface area contributed by atoms with Crippen LogP contribution in [0.1, 0.15) is 55.1 Å². The predicted molar refractivity (Wildman–Crippen MR) is 139 cm³/mol. The molecule has 1 aliphatic heterocycles. The number of rotatable bonds is 11. The number of likely N-dealkylation sites (tertiary alicyclic amines) is 1. The zero-order valence-electron chi connectivity index (χ0n) is 20.0. The van der Waals surface area contributed by atoms with Gasteiger partial charge in [0.1, 0.15) is 11.9 Å². The minimum atomic E-state index is -1.38. The number of carboxylic acids is 1. The standard InChI is InChI=1S/C27H32ClFN2O3S/c1-34-19-7-8-24-21(17-19)25(22(28)18-30-24)23(29)9-10-27(26(32)33)11-14-31(15-12-27)13-3-2-5-20-6-4-16-35-20/h4,6-8,16-18,23H,2-3,5,9-15H2,1H3,(H,32,33)/t23-/m0/s1. The Kier molecular flexibility index (Phi) is 8.63. The molecule has 0 spiro atoms. The lowest BCUT2D eigenvalue weighted by Gasteiger charge is -2.39. The highest BCUT2D eigenvalue weighted by molar-refractivity contribution is 7.09. The maximum absolute atomic E-state index is 15.6. The van der Waals surface area contributed by atoms with Gasteiger partial charge in [-0.25, -0.2) is 4.39 Å². The first-order valence-corrected chi connectivity index (χ1v) is 13.4. The monoisotopic (exact) mass is 518 g/mol. The number of hydrogen-bond acceptors (Lipinski definition) is 5. The molecule has 1 atom stereocenters. The molecule has 1 aliphatic rings. The van der Waals surface area contributed by atoms with E-state index in [1.807, 2.05) is 0 Å². The van der Waals surface area contributed by atoms with Gasteiger partial charge >= 0.3 is 5.97 Å². The molecule has 1 aromatic carbocycles. The summed E-state index contributed by atoms with van der Waals surface area (Å²) in [5.41, 5.74) is 0.0950. The molecule has 3 aromatic rings. The lowest BCUT2D eigenvalue weighted by molar-refractivity contribution is -0.153. The number of aryl methyl sites for hydroxylation is 1. The number of piperidine rings is 1. The van der Waals surface area contributed by atoms with Crippen molar-refractivity contribution in [2.75, 3.05) is 26.7 Å². The third kappa shape index (κ3) is 6.13. The Morgan fingerprint density at radius 2 is 2.11 bits per heavy atom. The summed E-state index contributed by atoms with van der Waals surface area (Å²) in [6.45, 7) is 2.45. The average molecular weight is 519 g/mol. The topological polar surface area (TPSA) is 62.7 Å². The number of nitrogens with zero attached hydrogens (tertiary/aromatic N) is 2. The molecule has 0 aliphatic carbocycles. The van der Waals surface area contributed by atoms with E-state index < -0.39 is 17.6 Å². The molecule has 8 heteroatoms. The molecule has 1 saturated heterocycles. The van der Waals surface area contributed by atoms with E-state index in [2.05, 4.69) is 27.4 Å². The molecule has 188 valence electrons. The van der Waals surface area contributed by atoms with Crippen molar-refractivity contribution >= 4 is 39.8 Å². The first-order valence-electron chi connectivity index (χ1n) is 12.2. The Balaban J connectivity index is 1.35. The molecule has 0 radical (unpaired) electrons. The Labute approximate surface area is 214 Å². The van der Waals surface area contributed by atoms with E-state index >= 15 is 4.39 Å². The Morgan fingerprint density at radius 3 is 2.80 bits per heavy atom. The second-order valence-electron chi connectivity index (χ2n) is 9.37. The molecule has 3 heterocycles. The highest BCUT2D eigenvalue weighted by Crippen LogP contribution is 2.42. The molecule has 0 amide bonds. The lowest BCUT2D eigenvalue weighted by atomic mass is 9.74. The molecular formula is C27H32ClFN2O3S. The van der Waals surface area contributed by atoms with Gasteiger partial charge in [0.2, 0.25) is 0 Å². The number of ether oxygens (including phenoxy) is 1. The van der Waals surface area contributed by atoms with Crippen LogP contribution in [0.3, 0.4) is 0 Å². The summed E-state index contributed by atoms with van der Waals surface area (Å²) in [4.78, 5) is 20.3. The number of alkyl halides is 1. The number of carbonyl (C=O) groups is 1. The summed E-state index contributed by atoms with van der Waals surface area (Å²) >= 11 is 8.15. The summed E-state index contributed by atoms with van der Waals surface area (Å²) in [6, 6.07) is 9.54. The van der Waals surface area contributed by atoms with Gasteiger partial charge in [0.05, 0.1) is 23.1 Å². The molecule has 1 fully saturated rings. The fourth-order valence-electron chi connectivity index (χ4n) is 5.03. The van der Waals surface area contributed by atoms with E-state index in [-0.39, 0.29) is 17.9 Å². The fourth-order valence-corrected chi connectivity index (χ4v) is 6.05. The van der Waals surface area contributed by atoms with Crippen LogP contribution < -0.4 is 4.74 Å². The van der Waals surface area contributed by atoms with Gasteiger partial charge in [0.25, 0.3) is 0 Å². The summed E-state index contributed by atoms with van der Waals surface area (Å²) in [5.74, 6) is -0.228. The molecule has 0 saturated carbocycles. The van der Waals surface area contributed by atoms with Crippen LogP contribution in [0.4, 0.5) is 4.39 Å². The number of hydrogen-bond donors (Lipinski definition) is 1. The quantitative estimate of drug-likeness (QED) is 0.278. The largest absolute Gasteiger partial charge is 0.497 e. The van der Waals surface area contributed by atoms with Crippen molar-refractivity contribution in [3.8, 4) is 5.75 Å². The second-order valence-corrected chi connectivity index (χ2v) is 10.8. The number of unbranched alkanes of at least 4 members (excludes halogenated alkanes) is 1. The van der Waals surface area contributed by atoms with Crippen molar-refractivity contribution in [2.24, 2.45) is 5.41 Å². The first kappa shape index (κ1) is 25.9. The van der Waals surface area contributed by atoms with Gasteiger partial charge < -0.3 is 14.7 Å². The number of aromatic nitrogens is 1. The van der Waals surface area contributed by atoms with Crippen LogP contribution in [0.5, 0.6) is 5.75 Å². The predicted octanol–water partition coefficient (Wildman–Crippen LogP) is 6.94. The van der Waals surface area contributed by atoms with E-state index in [0.717, 1.165) is 38.9 Å². The number of aliphatic carboxylic acids is 1. The smallest absolute Gasteiger partial charge is 0.309 e. The highest BCUT2D eigenvalue weighted by atomic mass is 35.5. The summed E-state index contributed by atoms with van der Waals surface area (Å²) in [6.07, 6.45) is 4.87. The van der Waals surface area contributed by atoms with Gasteiger partial charge in [-0.05, 0) is 94.2 Å². The Hall–Kier alpha value is -2.22. The van der Waals surface area contributed by atoms with Crippen LogP contribution in [0.2, 0.25) is 5.02 Å². The molecule has 5 nitrogen and oxygen atoms in total. The number of pyridine rings is 1. The highest BCUT2D eigenvalue weighted by Gasteiger charge is 2.41. The van der Waals surface area contributed by atoms with E-state index in [9.17, 15) is 9.90 Å². The number of benzene rings is 1. The second kappa shape index (κ2) is 11.7. The molecule has 0 unspecified atom stereocenters. The van der Waals surface area contributed by atoms with Crippen molar-refractivity contribution in [1.29, 1.82) is 0 Å². The van der Waals surface area contributed by atoms with Gasteiger partial charge in [-0.15, -0.1) is 11.3 Å². The van der Waals surface area contributed by atoms with Crippen LogP contribution in [0.25, 0.3) is 10.9 Å². The van der Waals surface area contributed by atoms with Gasteiger partial charge in [-0.1, -0.05) is 17.7 Å². The zero-order chi connectivity index (χ0) is 24.8. The third-order valence-corrected chi connectivity index (χ3v) is 8.49. The number of fused-ring (bicyclic) bond motifs is 1. The summed E-state index contributed by atoms with van der Waals surface area (Å²) < 4.78 is 20.9. The van der Waals surface area contributed by atoms with Gasteiger partial charge in [-0.3, -0.25) is 9.78 Å². The van der Waals surface area contributed by atoms with Gasteiger partial charge in [0.15, 0.2) is 0 Å². The third-order valence-electron chi connectivity index (χ3n) is 7.25. The van der Waals surface area contributed by atoms with Crippen LogP contribution in [-0.4, -0.2) is 47.7 Å². The number of thiophene rings is 1. The van der Waals surface area contributed by atoms with E-state index in [1.54, 1.807) is 36.6 Å². The maximum Gasteiger partial charge on any atom is 0.309 e. The number of carboxylic acid groups (broad SMARTS) is 1. The van der Waals surface area contributed by atoms with E-state index in [4.69, 9.17) is 16.3 Å². The van der Waals surface area contributed by atoms with Crippen molar-refractivity contribution in [3.05, 3.63) is 57.4 Å². The fraction of sp³-hybridized carbons (Fsp3) is 0.481. The van der Waals surface area contributed by atoms with Crippen LogP contribution in [0.15, 0.2) is 41.9 Å². The SMILES string of the molecule is COc1ccc2ncc(Cl)c([C@@H](F)CCC3(C(=O)O)CCN(CCCCc4cccs4)CC3)c2c1. The lowest BCUT2D eigenvalue weighted by Crippen LogP contribution is -2.44. The van der Waals surface area contributed by atoms with Crippen molar-refractivity contribution in [1.82, 2.24) is 9.88 Å². The molecule has 4 rings (SSSR count). The number of methoxy groups -OCH3 is 1. The van der Waals surface area contributed by atoms with Gasteiger partial charge in [-0.2, -0.15) is 0 Å². The Bertz CT molecular complexity index is 1130. The van der Waals surface area contributed by atoms with Crippen molar-refractivity contribution in [2.45, 2.75) is 51.1 Å². The zero-order valence-corrected chi connectivity index (χ0v) is 21.6. The molecule has 2 aromatic heterocycles. The summed E-state index contributed by atoms with van der Waals surface area (Å²) in [5, 5.41) is 13.0. The molecule has 0 bridgehead atoms. The van der Waals surface area contributed by atoms with Crippen molar-refractivity contribution in [3.63, 3.8) is 0 Å². The molecule has 35 heavy (non-hydrogen) atoms. The normalized spacial score (nSPS) is 16.9. The van der Waals surface area contributed by atoms with Crippen LogP contribution in [0, 0.1) is 5.41 Å². The van der Waals surface area contributed by atoms with Crippen LogP contribution >= 0.6 is 22.9 Å². The van der Waals surface area contributed by atoms with Crippen molar-refractivity contribution < 1.29 is 19.0 Å². The average Bonchev–Trinajstić information content (AvgIpc) is 3.39. The molecular weight excluding hydrogens is 487 g/mol. The maximum atomic E-state index is 15.6. The first-order chi connectivity index (χ1) is 16.9.